The Morgan fingerprint density at radius 1 is 1.46 bits per heavy atom. The summed E-state index contributed by atoms with van der Waals surface area (Å²) in [7, 11) is 0. The standard InChI is InChI=1S/C11H13NO/c1-2-6-10(11(12)13)9-7-4-3-5-8-9/h2-5,7-8,10H,1,6H2,(H2,12,13)/t10-/m1/s1. The third-order valence-electron chi connectivity index (χ3n) is 1.95. The van der Waals surface area contributed by atoms with E-state index in [9.17, 15) is 4.79 Å². The summed E-state index contributed by atoms with van der Waals surface area (Å²) < 4.78 is 0. The minimum Gasteiger partial charge on any atom is -0.369 e. The predicted molar refractivity (Wildman–Crippen MR) is 53.2 cm³/mol. The van der Waals surface area contributed by atoms with Gasteiger partial charge < -0.3 is 5.73 Å². The Morgan fingerprint density at radius 3 is 2.54 bits per heavy atom. The van der Waals surface area contributed by atoms with Gasteiger partial charge in [0.1, 0.15) is 0 Å². The molecule has 68 valence electrons. The average molecular weight is 175 g/mol. The van der Waals surface area contributed by atoms with Crippen LogP contribution in [0.2, 0.25) is 0 Å². The summed E-state index contributed by atoms with van der Waals surface area (Å²) in [4.78, 5) is 11.1. The normalized spacial score (nSPS) is 12.0. The third kappa shape index (κ3) is 2.44. The fourth-order valence-electron chi connectivity index (χ4n) is 1.27. The van der Waals surface area contributed by atoms with Crippen molar-refractivity contribution in [3.8, 4) is 0 Å². The average Bonchev–Trinajstić information content (AvgIpc) is 2.15. The molecule has 1 aromatic rings. The van der Waals surface area contributed by atoms with E-state index in [-0.39, 0.29) is 11.8 Å². The molecule has 0 saturated heterocycles. The van der Waals surface area contributed by atoms with Crippen molar-refractivity contribution in [1.82, 2.24) is 0 Å². The number of carbonyl (C=O) groups is 1. The van der Waals surface area contributed by atoms with E-state index in [1.807, 2.05) is 30.3 Å². The molecule has 0 spiro atoms. The highest BCUT2D eigenvalue weighted by Crippen LogP contribution is 2.18. The monoisotopic (exact) mass is 175 g/mol. The number of allylic oxidation sites excluding steroid dienone is 1. The van der Waals surface area contributed by atoms with E-state index in [1.165, 1.54) is 0 Å². The summed E-state index contributed by atoms with van der Waals surface area (Å²) >= 11 is 0. The molecule has 0 aliphatic rings. The highest BCUT2D eigenvalue weighted by atomic mass is 16.1. The first kappa shape index (κ1) is 9.52. The van der Waals surface area contributed by atoms with E-state index in [0.717, 1.165) is 5.56 Å². The Morgan fingerprint density at radius 2 is 2.08 bits per heavy atom. The van der Waals surface area contributed by atoms with Crippen LogP contribution in [-0.2, 0) is 4.79 Å². The lowest BCUT2D eigenvalue weighted by molar-refractivity contribution is -0.119. The number of nitrogens with two attached hydrogens (primary N) is 1. The second-order valence-electron chi connectivity index (χ2n) is 2.89. The van der Waals surface area contributed by atoms with Gasteiger partial charge in [0.25, 0.3) is 0 Å². The van der Waals surface area contributed by atoms with E-state index in [4.69, 9.17) is 5.73 Å². The lowest BCUT2D eigenvalue weighted by atomic mass is 9.95. The molecule has 0 fully saturated rings. The van der Waals surface area contributed by atoms with Crippen LogP contribution in [0.5, 0.6) is 0 Å². The van der Waals surface area contributed by atoms with Crippen LogP contribution in [0.15, 0.2) is 43.0 Å². The van der Waals surface area contributed by atoms with Gasteiger partial charge in [-0.1, -0.05) is 36.4 Å². The first-order chi connectivity index (χ1) is 6.25. The molecule has 2 heteroatoms. The molecule has 1 rings (SSSR count). The third-order valence-corrected chi connectivity index (χ3v) is 1.95. The van der Waals surface area contributed by atoms with Crippen molar-refractivity contribution in [2.75, 3.05) is 0 Å². The van der Waals surface area contributed by atoms with Crippen LogP contribution >= 0.6 is 0 Å². The van der Waals surface area contributed by atoms with E-state index in [1.54, 1.807) is 6.08 Å². The molecule has 0 bridgehead atoms. The van der Waals surface area contributed by atoms with Crippen molar-refractivity contribution in [2.45, 2.75) is 12.3 Å². The van der Waals surface area contributed by atoms with Crippen molar-refractivity contribution < 1.29 is 4.79 Å². The molecule has 0 saturated carbocycles. The Bertz CT molecular complexity index is 292. The summed E-state index contributed by atoms with van der Waals surface area (Å²) in [5.41, 5.74) is 6.22. The largest absolute Gasteiger partial charge is 0.369 e. The lowest BCUT2D eigenvalue weighted by Crippen LogP contribution is -2.20. The molecule has 2 nitrogen and oxygen atoms in total. The van der Waals surface area contributed by atoms with Crippen LogP contribution in [0.25, 0.3) is 0 Å². The summed E-state index contributed by atoms with van der Waals surface area (Å²) in [6, 6.07) is 9.51. The number of hydrogen-bond acceptors (Lipinski definition) is 1. The van der Waals surface area contributed by atoms with Crippen molar-refractivity contribution >= 4 is 5.91 Å². The van der Waals surface area contributed by atoms with Gasteiger partial charge in [0.15, 0.2) is 0 Å². The summed E-state index contributed by atoms with van der Waals surface area (Å²) in [5, 5.41) is 0. The van der Waals surface area contributed by atoms with Crippen LogP contribution in [0.3, 0.4) is 0 Å². The number of rotatable bonds is 4. The molecular weight excluding hydrogens is 162 g/mol. The van der Waals surface area contributed by atoms with Gasteiger partial charge in [-0.15, -0.1) is 6.58 Å². The number of primary amides is 1. The maximum atomic E-state index is 11.1. The SMILES string of the molecule is C=CC[C@@H](C(N)=O)c1ccccc1. The number of benzene rings is 1. The Labute approximate surface area is 78.1 Å². The number of carbonyl (C=O) groups excluding carboxylic acids is 1. The summed E-state index contributed by atoms with van der Waals surface area (Å²) in [6.45, 7) is 3.60. The Kier molecular flexibility index (Phi) is 3.26. The van der Waals surface area contributed by atoms with Crippen molar-refractivity contribution in [1.29, 1.82) is 0 Å². The molecule has 0 aliphatic heterocycles. The smallest absolute Gasteiger partial charge is 0.225 e. The molecule has 0 aliphatic carbocycles. The molecule has 0 unspecified atom stereocenters. The summed E-state index contributed by atoms with van der Waals surface area (Å²) in [5.74, 6) is -0.537. The second-order valence-corrected chi connectivity index (χ2v) is 2.89. The van der Waals surface area contributed by atoms with E-state index >= 15 is 0 Å². The highest BCUT2D eigenvalue weighted by molar-refractivity contribution is 5.82. The first-order valence-corrected chi connectivity index (χ1v) is 4.21. The fraction of sp³-hybridized carbons (Fsp3) is 0.182. The second kappa shape index (κ2) is 4.45. The predicted octanol–water partition coefficient (Wildman–Crippen LogP) is 1.83. The zero-order chi connectivity index (χ0) is 9.68. The summed E-state index contributed by atoms with van der Waals surface area (Å²) in [6.07, 6.45) is 2.31. The van der Waals surface area contributed by atoms with Crippen LogP contribution in [0, 0.1) is 0 Å². The molecule has 0 aromatic heterocycles. The quantitative estimate of drug-likeness (QED) is 0.697. The van der Waals surface area contributed by atoms with E-state index in [0.29, 0.717) is 6.42 Å². The molecule has 1 amide bonds. The zero-order valence-electron chi connectivity index (χ0n) is 7.44. The first-order valence-electron chi connectivity index (χ1n) is 4.21. The van der Waals surface area contributed by atoms with Crippen LogP contribution < -0.4 is 5.73 Å². The number of hydrogen-bond donors (Lipinski definition) is 1. The van der Waals surface area contributed by atoms with Gasteiger partial charge in [0, 0.05) is 0 Å². The van der Waals surface area contributed by atoms with Gasteiger partial charge in [-0.2, -0.15) is 0 Å². The van der Waals surface area contributed by atoms with Crippen molar-refractivity contribution in [3.05, 3.63) is 48.6 Å². The molecule has 13 heavy (non-hydrogen) atoms. The molecule has 1 atom stereocenters. The zero-order valence-corrected chi connectivity index (χ0v) is 7.44. The van der Waals surface area contributed by atoms with Crippen molar-refractivity contribution in [2.24, 2.45) is 5.73 Å². The maximum absolute atomic E-state index is 11.1. The molecule has 1 aromatic carbocycles. The van der Waals surface area contributed by atoms with Crippen LogP contribution in [-0.4, -0.2) is 5.91 Å². The van der Waals surface area contributed by atoms with Crippen LogP contribution in [0.1, 0.15) is 17.9 Å². The molecular formula is C11H13NO. The van der Waals surface area contributed by atoms with E-state index in [2.05, 4.69) is 6.58 Å². The van der Waals surface area contributed by atoms with Gasteiger partial charge in [-0.25, -0.2) is 0 Å². The minimum absolute atomic E-state index is 0.237. The Balaban J connectivity index is 2.88. The van der Waals surface area contributed by atoms with Gasteiger partial charge in [-0.05, 0) is 12.0 Å². The van der Waals surface area contributed by atoms with Crippen LogP contribution in [0.4, 0.5) is 0 Å². The topological polar surface area (TPSA) is 43.1 Å². The highest BCUT2D eigenvalue weighted by Gasteiger charge is 2.14. The van der Waals surface area contributed by atoms with Gasteiger partial charge in [-0.3, -0.25) is 4.79 Å². The number of amides is 1. The maximum Gasteiger partial charge on any atom is 0.225 e. The van der Waals surface area contributed by atoms with E-state index < -0.39 is 0 Å². The Hall–Kier alpha value is -1.57. The lowest BCUT2D eigenvalue weighted by Gasteiger charge is -2.10. The molecule has 0 radical (unpaired) electrons. The van der Waals surface area contributed by atoms with Gasteiger partial charge in [0.2, 0.25) is 5.91 Å². The fourth-order valence-corrected chi connectivity index (χ4v) is 1.27. The van der Waals surface area contributed by atoms with Gasteiger partial charge in [0.05, 0.1) is 5.92 Å². The molecule has 0 heterocycles. The van der Waals surface area contributed by atoms with Crippen molar-refractivity contribution in [3.63, 3.8) is 0 Å². The minimum atomic E-state index is -0.300. The molecule has 2 N–H and O–H groups in total. The van der Waals surface area contributed by atoms with Gasteiger partial charge >= 0.3 is 0 Å².